The summed E-state index contributed by atoms with van der Waals surface area (Å²) < 4.78 is 4.39. The summed E-state index contributed by atoms with van der Waals surface area (Å²) in [7, 11) is 0. The van der Waals surface area contributed by atoms with Crippen molar-refractivity contribution in [3.8, 4) is 0 Å². The third-order valence-corrected chi connectivity index (χ3v) is 0.956. The monoisotopic (exact) mass is 127 g/mol. The summed E-state index contributed by atoms with van der Waals surface area (Å²) in [5, 5.41) is 10.0. The average molecular weight is 127 g/mol. The first-order chi connectivity index (χ1) is 4.25. The van der Waals surface area contributed by atoms with E-state index in [2.05, 4.69) is 9.84 Å². The lowest BCUT2D eigenvalue weighted by Crippen LogP contribution is -2.15. The van der Waals surface area contributed by atoms with Crippen molar-refractivity contribution >= 4 is 17.4 Å². The molecule has 0 atom stereocenters. The van der Waals surface area contributed by atoms with Crippen LogP contribution in [-0.2, 0) is 9.53 Å². The molecule has 0 aliphatic carbocycles. The Hall–Kier alpha value is -1.39. The van der Waals surface area contributed by atoms with Gasteiger partial charge in [-0.3, -0.25) is 5.41 Å². The SMILES string of the molecule is N=C1COC(=O)C1=NN. The molecule has 9 heavy (non-hydrogen) atoms. The molecule has 0 spiro atoms. The molecular weight excluding hydrogens is 122 g/mol. The van der Waals surface area contributed by atoms with E-state index in [0.29, 0.717) is 0 Å². The summed E-state index contributed by atoms with van der Waals surface area (Å²) in [6.45, 7) is -0.00509. The summed E-state index contributed by atoms with van der Waals surface area (Å²) in [5.74, 6) is 4.15. The quantitative estimate of drug-likeness (QED) is 0.245. The Labute approximate surface area is 51.0 Å². The van der Waals surface area contributed by atoms with Gasteiger partial charge in [0.1, 0.15) is 12.3 Å². The summed E-state index contributed by atoms with van der Waals surface area (Å²) in [6.07, 6.45) is 0. The number of nitrogens with zero attached hydrogens (tertiary/aromatic N) is 1. The van der Waals surface area contributed by atoms with Gasteiger partial charge in [0.05, 0.1) is 0 Å². The fourth-order valence-corrected chi connectivity index (χ4v) is 0.528. The van der Waals surface area contributed by atoms with Crippen LogP contribution in [0.4, 0.5) is 0 Å². The molecule has 0 aromatic rings. The van der Waals surface area contributed by atoms with E-state index in [1.807, 2.05) is 0 Å². The molecule has 1 aliphatic rings. The number of hydrogen-bond donors (Lipinski definition) is 2. The van der Waals surface area contributed by atoms with Gasteiger partial charge in [-0.15, -0.1) is 0 Å². The highest BCUT2D eigenvalue weighted by Crippen LogP contribution is 1.96. The van der Waals surface area contributed by atoms with Gasteiger partial charge in [-0.25, -0.2) is 4.79 Å². The van der Waals surface area contributed by atoms with Crippen LogP contribution >= 0.6 is 0 Å². The van der Waals surface area contributed by atoms with Gasteiger partial charge in [-0.2, -0.15) is 5.10 Å². The van der Waals surface area contributed by atoms with Crippen LogP contribution in [0.15, 0.2) is 5.10 Å². The van der Waals surface area contributed by atoms with Crippen LogP contribution in [0.1, 0.15) is 0 Å². The van der Waals surface area contributed by atoms with Crippen molar-refractivity contribution in [1.82, 2.24) is 0 Å². The number of esters is 1. The third-order valence-electron chi connectivity index (χ3n) is 0.956. The number of rotatable bonds is 0. The number of cyclic esters (lactones) is 1. The molecule has 1 fully saturated rings. The van der Waals surface area contributed by atoms with Crippen LogP contribution in [-0.4, -0.2) is 24.0 Å². The van der Waals surface area contributed by atoms with Crippen LogP contribution in [0, 0.1) is 5.41 Å². The minimum absolute atomic E-state index is 0.00509. The van der Waals surface area contributed by atoms with Gasteiger partial charge >= 0.3 is 5.97 Å². The molecule has 1 heterocycles. The summed E-state index contributed by atoms with van der Waals surface area (Å²) in [5.41, 5.74) is -0.0301. The lowest BCUT2D eigenvalue weighted by molar-refractivity contribution is -0.132. The number of hydrazone groups is 1. The number of nitrogens with one attached hydrogen (secondary N) is 1. The molecule has 0 amide bonds. The Balaban J connectivity index is 2.91. The van der Waals surface area contributed by atoms with E-state index in [0.717, 1.165) is 0 Å². The number of carbonyl (C=O) groups excluding carboxylic acids is 1. The molecule has 5 heteroatoms. The van der Waals surface area contributed by atoms with Crippen molar-refractivity contribution in [2.24, 2.45) is 10.9 Å². The van der Waals surface area contributed by atoms with Gasteiger partial charge < -0.3 is 10.6 Å². The van der Waals surface area contributed by atoms with Crippen LogP contribution in [0.2, 0.25) is 0 Å². The second-order valence-corrected chi connectivity index (χ2v) is 1.53. The normalized spacial score (nSPS) is 22.9. The topological polar surface area (TPSA) is 88.5 Å². The van der Waals surface area contributed by atoms with Crippen molar-refractivity contribution in [3.05, 3.63) is 0 Å². The summed E-state index contributed by atoms with van der Waals surface area (Å²) in [4.78, 5) is 10.4. The highest BCUT2D eigenvalue weighted by Gasteiger charge is 2.26. The highest BCUT2D eigenvalue weighted by atomic mass is 16.5. The summed E-state index contributed by atoms with van der Waals surface area (Å²) >= 11 is 0. The smallest absolute Gasteiger partial charge is 0.361 e. The van der Waals surface area contributed by atoms with Crippen molar-refractivity contribution < 1.29 is 9.53 Å². The largest absolute Gasteiger partial charge is 0.454 e. The molecule has 0 radical (unpaired) electrons. The van der Waals surface area contributed by atoms with Crippen LogP contribution < -0.4 is 5.84 Å². The second-order valence-electron chi connectivity index (χ2n) is 1.53. The van der Waals surface area contributed by atoms with Crippen LogP contribution in [0.25, 0.3) is 0 Å². The average Bonchev–Trinajstić information content (AvgIpc) is 2.12. The van der Waals surface area contributed by atoms with E-state index in [1.54, 1.807) is 0 Å². The standard InChI is InChI=1S/C4H5N3O2/c5-2-1-9-4(8)3(2)7-6/h5H,1,6H2. The Morgan fingerprint density at radius 3 is 2.67 bits per heavy atom. The summed E-state index contributed by atoms with van der Waals surface area (Å²) in [6, 6.07) is 0. The Morgan fingerprint density at radius 1 is 1.78 bits per heavy atom. The Kier molecular flexibility index (Phi) is 1.18. The van der Waals surface area contributed by atoms with Crippen molar-refractivity contribution in [1.29, 1.82) is 5.41 Å². The zero-order valence-electron chi connectivity index (χ0n) is 4.55. The Morgan fingerprint density at radius 2 is 2.44 bits per heavy atom. The molecule has 0 bridgehead atoms. The van der Waals surface area contributed by atoms with Crippen molar-refractivity contribution in [3.63, 3.8) is 0 Å². The zero-order valence-corrected chi connectivity index (χ0v) is 4.55. The first kappa shape index (κ1) is 5.74. The first-order valence-electron chi connectivity index (χ1n) is 2.28. The van der Waals surface area contributed by atoms with Gasteiger partial charge in [0.2, 0.25) is 0 Å². The zero-order chi connectivity index (χ0) is 6.85. The van der Waals surface area contributed by atoms with Gasteiger partial charge in [0.15, 0.2) is 5.71 Å². The number of carbonyl (C=O) groups is 1. The molecule has 5 nitrogen and oxygen atoms in total. The van der Waals surface area contributed by atoms with Crippen molar-refractivity contribution in [2.45, 2.75) is 0 Å². The van der Waals surface area contributed by atoms with Gasteiger partial charge in [-0.05, 0) is 0 Å². The molecule has 0 unspecified atom stereocenters. The molecule has 0 aromatic heterocycles. The van der Waals surface area contributed by atoms with E-state index in [-0.39, 0.29) is 18.0 Å². The maximum Gasteiger partial charge on any atom is 0.361 e. The van der Waals surface area contributed by atoms with Gasteiger partial charge in [-0.1, -0.05) is 0 Å². The predicted molar refractivity (Wildman–Crippen MR) is 30.3 cm³/mol. The second kappa shape index (κ2) is 1.85. The minimum Gasteiger partial charge on any atom is -0.454 e. The lowest BCUT2D eigenvalue weighted by atomic mass is 10.3. The third kappa shape index (κ3) is 0.758. The van der Waals surface area contributed by atoms with Crippen LogP contribution in [0.5, 0.6) is 0 Å². The fraction of sp³-hybridized carbons (Fsp3) is 0.250. The molecule has 0 saturated carbocycles. The van der Waals surface area contributed by atoms with E-state index in [1.165, 1.54) is 0 Å². The molecular formula is C4H5N3O2. The fourth-order valence-electron chi connectivity index (χ4n) is 0.528. The molecule has 1 rings (SSSR count). The van der Waals surface area contributed by atoms with Crippen LogP contribution in [0.3, 0.4) is 0 Å². The minimum atomic E-state index is -0.609. The first-order valence-corrected chi connectivity index (χ1v) is 2.28. The Bertz CT molecular complexity index is 178. The van der Waals surface area contributed by atoms with E-state index < -0.39 is 5.97 Å². The number of nitrogens with two attached hydrogens (primary N) is 1. The highest BCUT2D eigenvalue weighted by molar-refractivity contribution is 6.67. The number of hydrogen-bond acceptors (Lipinski definition) is 5. The maximum absolute atomic E-state index is 10.4. The molecule has 0 aromatic carbocycles. The lowest BCUT2D eigenvalue weighted by Gasteiger charge is -1.82. The predicted octanol–water partition coefficient (Wildman–Crippen LogP) is -1.12. The van der Waals surface area contributed by atoms with E-state index >= 15 is 0 Å². The molecule has 1 aliphatic heterocycles. The van der Waals surface area contributed by atoms with Crippen molar-refractivity contribution in [2.75, 3.05) is 6.61 Å². The molecule has 48 valence electrons. The van der Waals surface area contributed by atoms with E-state index in [9.17, 15) is 4.79 Å². The van der Waals surface area contributed by atoms with Gasteiger partial charge in [0.25, 0.3) is 0 Å². The molecule has 1 saturated heterocycles. The number of ether oxygens (including phenoxy) is 1. The maximum atomic E-state index is 10.4. The molecule has 3 N–H and O–H groups in total. The van der Waals surface area contributed by atoms with Gasteiger partial charge in [0, 0.05) is 0 Å². The van der Waals surface area contributed by atoms with E-state index in [4.69, 9.17) is 11.3 Å².